The van der Waals surface area contributed by atoms with E-state index in [0.29, 0.717) is 17.4 Å². The molecule has 10 heteroatoms. The Morgan fingerprint density at radius 1 is 0.323 bits per heavy atom. The average Bonchev–Trinajstić information content (AvgIpc) is 1.98. The minimum absolute atomic E-state index is 0.0282. The lowest BCUT2D eigenvalue weighted by molar-refractivity contribution is -0.870. The summed E-state index contributed by atoms with van der Waals surface area (Å²) in [5.74, 6) is -0.809. The monoisotopic (exact) mass is 1370 g/mol. The van der Waals surface area contributed by atoms with Crippen LogP contribution in [0.4, 0.5) is 0 Å². The SMILES string of the molecule is CCCCCCC/C=C\C/C=C\C/C=C\CCCCCCCCCCCCCCCCCCCCCCCCCCC(=O)OC(COC(=O)CCCCCCCCCCCCCCCCCCCCCCC/C=C\C/C=C\CCCCCCC)COP(=O)([O-])OCC[N+](C)(C)C. The van der Waals surface area contributed by atoms with Crippen LogP contribution in [0.25, 0.3) is 0 Å². The zero-order valence-electron chi connectivity index (χ0n) is 64.6. The maximum atomic E-state index is 12.9. The molecule has 0 rings (SSSR count). The summed E-state index contributed by atoms with van der Waals surface area (Å²) >= 11 is 0. The van der Waals surface area contributed by atoms with Crippen LogP contribution < -0.4 is 4.89 Å². The Morgan fingerprint density at radius 3 is 0.833 bits per heavy atom. The van der Waals surface area contributed by atoms with Gasteiger partial charge < -0.3 is 27.9 Å². The van der Waals surface area contributed by atoms with Crippen molar-refractivity contribution >= 4 is 19.8 Å². The third kappa shape index (κ3) is 80.7. The predicted octanol–water partition coefficient (Wildman–Crippen LogP) is 27.4. The van der Waals surface area contributed by atoms with Crippen molar-refractivity contribution in [2.75, 3.05) is 47.5 Å². The molecule has 0 aliphatic carbocycles. The Bertz CT molecular complexity index is 1800. The highest BCUT2D eigenvalue weighted by Gasteiger charge is 2.22. The molecule has 0 saturated heterocycles. The second-order valence-corrected chi connectivity index (χ2v) is 31.3. The molecule has 0 N–H and O–H groups in total. The fourth-order valence-electron chi connectivity index (χ4n) is 12.6. The number of quaternary nitrogens is 1. The molecule has 0 heterocycles. The van der Waals surface area contributed by atoms with Gasteiger partial charge in [-0.15, -0.1) is 0 Å². The van der Waals surface area contributed by atoms with Crippen molar-refractivity contribution in [3.8, 4) is 0 Å². The van der Waals surface area contributed by atoms with Crippen LogP contribution in [0.15, 0.2) is 60.8 Å². The first-order valence-electron chi connectivity index (χ1n) is 42.0. The quantitative estimate of drug-likeness (QED) is 0.0195. The lowest BCUT2D eigenvalue weighted by Crippen LogP contribution is -2.37. The molecule has 0 bridgehead atoms. The van der Waals surface area contributed by atoms with E-state index in [2.05, 4.69) is 74.6 Å². The van der Waals surface area contributed by atoms with Crippen molar-refractivity contribution in [1.82, 2.24) is 0 Å². The number of carbonyl (C=O) groups excluding carboxylic acids is 2. The van der Waals surface area contributed by atoms with Crippen molar-refractivity contribution in [1.29, 1.82) is 0 Å². The summed E-state index contributed by atoms with van der Waals surface area (Å²) in [4.78, 5) is 38.2. The Labute approximate surface area is 597 Å². The Morgan fingerprint density at radius 2 is 0.562 bits per heavy atom. The van der Waals surface area contributed by atoms with Gasteiger partial charge in [0.25, 0.3) is 7.82 Å². The summed E-state index contributed by atoms with van der Waals surface area (Å²) < 4.78 is 34.5. The topological polar surface area (TPSA) is 111 Å². The fourth-order valence-corrected chi connectivity index (χ4v) is 13.3. The predicted molar refractivity (Wildman–Crippen MR) is 416 cm³/mol. The molecule has 9 nitrogen and oxygen atoms in total. The number of likely N-dealkylation sites (N-methyl/N-ethyl adjacent to an activating group) is 1. The van der Waals surface area contributed by atoms with Gasteiger partial charge in [-0.2, -0.15) is 0 Å². The number of nitrogens with zero attached hydrogens (tertiary/aromatic N) is 1. The van der Waals surface area contributed by atoms with Crippen molar-refractivity contribution in [3.05, 3.63) is 60.8 Å². The second-order valence-electron chi connectivity index (χ2n) is 29.8. The molecule has 0 aromatic heterocycles. The maximum Gasteiger partial charge on any atom is 0.306 e. The van der Waals surface area contributed by atoms with Gasteiger partial charge in [-0.3, -0.25) is 14.2 Å². The molecule has 564 valence electrons. The van der Waals surface area contributed by atoms with Crippen LogP contribution in [0, 0.1) is 0 Å². The molecule has 0 aliphatic heterocycles. The van der Waals surface area contributed by atoms with Gasteiger partial charge in [0.2, 0.25) is 0 Å². The van der Waals surface area contributed by atoms with Crippen molar-refractivity contribution < 1.29 is 42.1 Å². The molecule has 0 aromatic rings. The van der Waals surface area contributed by atoms with Crippen molar-refractivity contribution in [2.45, 2.75) is 431 Å². The number of esters is 2. The second kappa shape index (κ2) is 76.9. The van der Waals surface area contributed by atoms with Crippen LogP contribution in [0.5, 0.6) is 0 Å². The molecule has 2 atom stereocenters. The van der Waals surface area contributed by atoms with Crippen LogP contribution in [0.3, 0.4) is 0 Å². The number of phosphoric acid groups is 1. The molecule has 96 heavy (non-hydrogen) atoms. The normalized spacial score (nSPS) is 13.3. The third-order valence-electron chi connectivity index (χ3n) is 19.0. The molecule has 2 unspecified atom stereocenters. The van der Waals surface area contributed by atoms with Gasteiger partial charge in [0.1, 0.15) is 19.8 Å². The van der Waals surface area contributed by atoms with Crippen molar-refractivity contribution in [3.63, 3.8) is 0 Å². The molecule has 0 fully saturated rings. The third-order valence-corrected chi connectivity index (χ3v) is 20.0. The van der Waals surface area contributed by atoms with E-state index < -0.39 is 26.5 Å². The summed E-state index contributed by atoms with van der Waals surface area (Å²) in [6.07, 6.45) is 104. The Kier molecular flexibility index (Phi) is 75.0. The maximum absolute atomic E-state index is 12.9. The lowest BCUT2D eigenvalue weighted by Gasteiger charge is -2.28. The van der Waals surface area contributed by atoms with E-state index in [4.69, 9.17) is 18.5 Å². The zero-order valence-corrected chi connectivity index (χ0v) is 65.5. The summed E-state index contributed by atoms with van der Waals surface area (Å²) in [7, 11) is 1.19. The first kappa shape index (κ1) is 93.7. The largest absolute Gasteiger partial charge is 0.756 e. The summed E-state index contributed by atoms with van der Waals surface area (Å²) in [5.41, 5.74) is 0. The first-order valence-corrected chi connectivity index (χ1v) is 43.5. The van der Waals surface area contributed by atoms with E-state index in [1.54, 1.807) is 0 Å². The number of unbranched alkanes of at least 4 members (excludes halogenated alkanes) is 55. The molecule has 0 saturated carbocycles. The van der Waals surface area contributed by atoms with E-state index in [9.17, 15) is 19.0 Å². The smallest absolute Gasteiger partial charge is 0.306 e. The van der Waals surface area contributed by atoms with Crippen LogP contribution in [-0.4, -0.2) is 70.0 Å². The number of allylic oxidation sites excluding steroid dienone is 10. The Balaban J connectivity index is 3.89. The van der Waals surface area contributed by atoms with Crippen LogP contribution in [0.2, 0.25) is 0 Å². The molecule has 0 spiro atoms. The highest BCUT2D eigenvalue weighted by Crippen LogP contribution is 2.38. The highest BCUT2D eigenvalue weighted by molar-refractivity contribution is 7.45. The number of ether oxygens (including phenoxy) is 2. The van der Waals surface area contributed by atoms with E-state index in [1.807, 2.05) is 21.1 Å². The van der Waals surface area contributed by atoms with E-state index in [1.165, 1.54) is 340 Å². The van der Waals surface area contributed by atoms with Gasteiger partial charge in [-0.05, 0) is 83.5 Å². The molecule has 0 aliphatic rings. The summed E-state index contributed by atoms with van der Waals surface area (Å²) in [6.45, 7) is 4.29. The molecule has 0 aromatic carbocycles. The number of hydrogen-bond donors (Lipinski definition) is 0. The number of hydrogen-bond acceptors (Lipinski definition) is 8. The van der Waals surface area contributed by atoms with Gasteiger partial charge in [-0.25, -0.2) is 0 Å². The van der Waals surface area contributed by atoms with E-state index in [0.717, 1.165) is 51.4 Å². The summed E-state index contributed by atoms with van der Waals surface area (Å²) in [6, 6.07) is 0. The van der Waals surface area contributed by atoms with Gasteiger partial charge in [-0.1, -0.05) is 389 Å². The van der Waals surface area contributed by atoms with Crippen LogP contribution >= 0.6 is 7.82 Å². The van der Waals surface area contributed by atoms with Gasteiger partial charge >= 0.3 is 11.9 Å². The molecular formula is C86H162NO8P. The minimum Gasteiger partial charge on any atom is -0.756 e. The molecule has 0 radical (unpaired) electrons. The zero-order chi connectivity index (χ0) is 69.7. The average molecular weight is 1370 g/mol. The van der Waals surface area contributed by atoms with Gasteiger partial charge in [0.15, 0.2) is 6.10 Å². The van der Waals surface area contributed by atoms with E-state index in [-0.39, 0.29) is 32.0 Å². The lowest BCUT2D eigenvalue weighted by atomic mass is 10.0. The number of phosphoric ester groups is 1. The Hall–Kier alpha value is -2.29. The standard InChI is InChI=1S/C86H162NO8P/c1-6-8-10-12-14-16-18-20-22-24-26-28-30-32-34-36-38-40-41-42-43-44-45-47-49-51-53-55-57-59-61-63-65-67-69-71-73-75-77-79-86(89)95-84(83-94-96(90,91)93-81-80-87(3,4)5)82-92-85(88)78-76-74-72-70-68-66-64-62-60-58-56-54-52-50-48-46-39-37-35-33-31-29-27-25-23-21-19-17-15-13-11-9-7-2/h18-21,24-27,30,32,84H,6-17,22-23,28-29,31,33-83H2,1-5H3/b20-18-,21-19-,26-24-,27-25-,32-30-. The van der Waals surface area contributed by atoms with Crippen molar-refractivity contribution in [2.24, 2.45) is 0 Å². The number of carbonyl (C=O) groups is 2. The van der Waals surface area contributed by atoms with Gasteiger partial charge in [0.05, 0.1) is 27.7 Å². The molecule has 0 amide bonds. The minimum atomic E-state index is -4.64. The number of rotatable bonds is 79. The van der Waals surface area contributed by atoms with Gasteiger partial charge in [0, 0.05) is 12.8 Å². The first-order chi connectivity index (χ1) is 47.0. The highest BCUT2D eigenvalue weighted by atomic mass is 31.2. The van der Waals surface area contributed by atoms with Crippen LogP contribution in [0.1, 0.15) is 425 Å². The summed E-state index contributed by atoms with van der Waals surface area (Å²) in [5, 5.41) is 0. The molecular weight excluding hydrogens is 1210 g/mol. The van der Waals surface area contributed by atoms with Crippen LogP contribution in [-0.2, 0) is 32.7 Å². The fraction of sp³-hybridized carbons (Fsp3) is 0.860. The van der Waals surface area contributed by atoms with E-state index >= 15 is 0 Å².